The lowest BCUT2D eigenvalue weighted by Crippen LogP contribution is -2.13. The van der Waals surface area contributed by atoms with E-state index < -0.39 is 0 Å². The fourth-order valence-electron chi connectivity index (χ4n) is 2.02. The first-order valence-electron chi connectivity index (χ1n) is 5.15. The first-order valence-corrected chi connectivity index (χ1v) is 5.15. The number of nitriles is 1. The third-order valence-corrected chi connectivity index (χ3v) is 2.85. The van der Waals surface area contributed by atoms with E-state index in [4.69, 9.17) is 5.26 Å². The third kappa shape index (κ3) is 2.66. The number of ketones is 1. The summed E-state index contributed by atoms with van der Waals surface area (Å²) in [4.78, 5) is 21.5. The molecule has 0 radical (unpaired) electrons. The molecule has 0 heterocycles. The maximum Gasteiger partial charge on any atom is 0.137 e. The van der Waals surface area contributed by atoms with E-state index in [-0.39, 0.29) is 17.6 Å². The molecule has 0 spiro atoms. The van der Waals surface area contributed by atoms with Crippen LogP contribution in [-0.4, -0.2) is 12.1 Å². The van der Waals surface area contributed by atoms with Crippen molar-refractivity contribution in [2.24, 2.45) is 11.8 Å². The number of nitrogens with zero attached hydrogens (tertiary/aromatic N) is 1. The molecule has 0 amide bonds. The summed E-state index contributed by atoms with van der Waals surface area (Å²) < 4.78 is 0. The largest absolute Gasteiger partial charge is 0.303 e. The quantitative estimate of drug-likeness (QED) is 0.494. The second kappa shape index (κ2) is 5.54. The van der Waals surface area contributed by atoms with E-state index >= 15 is 0 Å². The zero-order valence-corrected chi connectivity index (χ0v) is 8.24. The minimum Gasteiger partial charge on any atom is -0.303 e. The fourth-order valence-corrected chi connectivity index (χ4v) is 2.02. The molecule has 0 aliphatic heterocycles. The number of Topliss-reactive ketones (excluding diaryl/α,β-unsaturated/α-hetero) is 1. The van der Waals surface area contributed by atoms with Crippen LogP contribution in [0, 0.1) is 23.2 Å². The smallest absolute Gasteiger partial charge is 0.137 e. The summed E-state index contributed by atoms with van der Waals surface area (Å²) in [5.41, 5.74) is 0. The normalized spacial score (nSPS) is 26.1. The minimum atomic E-state index is -0.0706. The Labute approximate surface area is 84.1 Å². The maximum atomic E-state index is 11.4. The van der Waals surface area contributed by atoms with Crippen molar-refractivity contribution in [2.75, 3.05) is 0 Å². The number of carbonyl (C=O) groups excluding carboxylic acids is 2. The van der Waals surface area contributed by atoms with E-state index in [2.05, 4.69) is 6.07 Å². The van der Waals surface area contributed by atoms with Crippen LogP contribution in [0.5, 0.6) is 0 Å². The summed E-state index contributed by atoms with van der Waals surface area (Å²) in [6.07, 6.45) is 5.27. The second-order valence-corrected chi connectivity index (χ2v) is 3.80. The molecular formula is C11H15NO2. The van der Waals surface area contributed by atoms with E-state index in [1.807, 2.05) is 0 Å². The highest BCUT2D eigenvalue weighted by Crippen LogP contribution is 2.31. The second-order valence-electron chi connectivity index (χ2n) is 3.80. The van der Waals surface area contributed by atoms with Crippen molar-refractivity contribution in [1.29, 1.82) is 5.26 Å². The Morgan fingerprint density at radius 2 is 2.29 bits per heavy atom. The molecule has 0 aromatic heterocycles. The molecule has 0 saturated heterocycles. The van der Waals surface area contributed by atoms with Crippen molar-refractivity contribution >= 4 is 12.1 Å². The Morgan fingerprint density at radius 1 is 1.50 bits per heavy atom. The van der Waals surface area contributed by atoms with Crippen molar-refractivity contribution in [2.45, 2.75) is 38.5 Å². The van der Waals surface area contributed by atoms with Crippen molar-refractivity contribution in [3.05, 3.63) is 0 Å². The van der Waals surface area contributed by atoms with E-state index in [0.29, 0.717) is 12.8 Å². The van der Waals surface area contributed by atoms with Gasteiger partial charge in [-0.2, -0.15) is 5.26 Å². The predicted octanol–water partition coefficient (Wildman–Crippen LogP) is 1.86. The Hall–Kier alpha value is -1.17. The van der Waals surface area contributed by atoms with Gasteiger partial charge in [-0.1, -0.05) is 6.42 Å². The summed E-state index contributed by atoms with van der Waals surface area (Å²) in [6, 6.07) is 2.19. The molecule has 1 aliphatic carbocycles. The van der Waals surface area contributed by atoms with Gasteiger partial charge in [0.2, 0.25) is 0 Å². The number of hydrogen-bond acceptors (Lipinski definition) is 3. The van der Waals surface area contributed by atoms with Gasteiger partial charge in [0.1, 0.15) is 12.1 Å². The van der Waals surface area contributed by atoms with Gasteiger partial charge in [-0.15, -0.1) is 0 Å². The maximum absolute atomic E-state index is 11.4. The van der Waals surface area contributed by atoms with E-state index in [1.54, 1.807) is 0 Å². The van der Waals surface area contributed by atoms with Crippen LogP contribution < -0.4 is 0 Å². The molecule has 1 saturated carbocycles. The van der Waals surface area contributed by atoms with Crippen LogP contribution in [0.3, 0.4) is 0 Å². The Morgan fingerprint density at radius 3 is 2.93 bits per heavy atom. The minimum absolute atomic E-state index is 0.0494. The lowest BCUT2D eigenvalue weighted by molar-refractivity contribution is -0.121. The van der Waals surface area contributed by atoms with Crippen LogP contribution in [0.1, 0.15) is 38.5 Å². The summed E-state index contributed by atoms with van der Waals surface area (Å²) in [7, 11) is 0. The first kappa shape index (κ1) is 10.9. The molecule has 14 heavy (non-hydrogen) atoms. The number of rotatable bonds is 5. The molecular weight excluding hydrogens is 178 g/mol. The van der Waals surface area contributed by atoms with Gasteiger partial charge in [0.15, 0.2) is 0 Å². The zero-order chi connectivity index (χ0) is 10.4. The van der Waals surface area contributed by atoms with Gasteiger partial charge in [0.25, 0.3) is 0 Å². The summed E-state index contributed by atoms with van der Waals surface area (Å²) in [5, 5.41) is 8.80. The van der Waals surface area contributed by atoms with Gasteiger partial charge < -0.3 is 4.79 Å². The Balaban J connectivity index is 2.31. The predicted molar refractivity (Wildman–Crippen MR) is 51.4 cm³/mol. The highest BCUT2D eigenvalue weighted by atomic mass is 16.1. The molecule has 76 valence electrons. The molecule has 1 fully saturated rings. The average Bonchev–Trinajstić information content (AvgIpc) is 2.55. The molecule has 1 aliphatic rings. The van der Waals surface area contributed by atoms with Crippen LogP contribution in [0.2, 0.25) is 0 Å². The number of hydrogen-bond donors (Lipinski definition) is 0. The van der Waals surface area contributed by atoms with E-state index in [9.17, 15) is 9.59 Å². The van der Waals surface area contributed by atoms with E-state index in [0.717, 1.165) is 32.0 Å². The van der Waals surface area contributed by atoms with Gasteiger partial charge >= 0.3 is 0 Å². The molecule has 3 heteroatoms. The van der Waals surface area contributed by atoms with Gasteiger partial charge in [-0.25, -0.2) is 0 Å². The van der Waals surface area contributed by atoms with Crippen molar-refractivity contribution in [3.63, 3.8) is 0 Å². The molecule has 3 nitrogen and oxygen atoms in total. The topological polar surface area (TPSA) is 57.9 Å². The molecule has 2 atom stereocenters. The number of unbranched alkanes of at least 4 members (excludes halogenated alkanes) is 2. The molecule has 0 aromatic carbocycles. The Kier molecular flexibility index (Phi) is 4.31. The van der Waals surface area contributed by atoms with Gasteiger partial charge in [-0.3, -0.25) is 4.79 Å². The SMILES string of the molecule is N#CC1CCC(=O)C1CCCCC=O. The monoisotopic (exact) mass is 193 g/mol. The molecule has 0 aromatic rings. The first-order chi connectivity index (χ1) is 6.79. The molecule has 0 bridgehead atoms. The van der Waals surface area contributed by atoms with Crippen molar-refractivity contribution in [3.8, 4) is 6.07 Å². The van der Waals surface area contributed by atoms with Crippen LogP contribution in [0.15, 0.2) is 0 Å². The van der Waals surface area contributed by atoms with Gasteiger partial charge in [0, 0.05) is 18.8 Å². The summed E-state index contributed by atoms with van der Waals surface area (Å²) >= 11 is 0. The van der Waals surface area contributed by atoms with Crippen LogP contribution in [0.25, 0.3) is 0 Å². The molecule has 2 unspecified atom stereocenters. The van der Waals surface area contributed by atoms with Gasteiger partial charge in [-0.05, 0) is 19.3 Å². The zero-order valence-electron chi connectivity index (χ0n) is 8.24. The average molecular weight is 193 g/mol. The number of aldehydes is 1. The summed E-state index contributed by atoms with van der Waals surface area (Å²) in [5.74, 6) is 0.119. The van der Waals surface area contributed by atoms with Crippen LogP contribution >= 0.6 is 0 Å². The Bertz CT molecular complexity index is 255. The highest BCUT2D eigenvalue weighted by molar-refractivity contribution is 5.83. The van der Waals surface area contributed by atoms with Crippen molar-refractivity contribution in [1.82, 2.24) is 0 Å². The standard InChI is InChI=1S/C11H15NO2/c12-8-9-5-6-11(14)10(9)4-2-1-3-7-13/h7,9-10H,1-6H2. The lowest BCUT2D eigenvalue weighted by Gasteiger charge is -2.10. The number of carbonyl (C=O) groups is 2. The fraction of sp³-hybridized carbons (Fsp3) is 0.727. The van der Waals surface area contributed by atoms with Crippen LogP contribution in [-0.2, 0) is 9.59 Å². The highest BCUT2D eigenvalue weighted by Gasteiger charge is 2.33. The summed E-state index contributed by atoms with van der Waals surface area (Å²) in [6.45, 7) is 0. The van der Waals surface area contributed by atoms with Gasteiger partial charge in [0.05, 0.1) is 12.0 Å². The molecule has 0 N–H and O–H groups in total. The lowest BCUT2D eigenvalue weighted by atomic mass is 9.91. The third-order valence-electron chi connectivity index (χ3n) is 2.85. The van der Waals surface area contributed by atoms with Crippen LogP contribution in [0.4, 0.5) is 0 Å². The van der Waals surface area contributed by atoms with E-state index in [1.165, 1.54) is 0 Å². The molecule has 1 rings (SSSR count). The van der Waals surface area contributed by atoms with Crippen molar-refractivity contribution < 1.29 is 9.59 Å².